The van der Waals surface area contributed by atoms with Crippen LogP contribution < -0.4 is 9.47 Å². The molecule has 2 aromatic rings. The Morgan fingerprint density at radius 2 is 1.89 bits per heavy atom. The number of likely N-dealkylation sites (N-methyl/N-ethyl adjacent to an activating group) is 1. The van der Waals surface area contributed by atoms with Gasteiger partial charge in [0.2, 0.25) is 0 Å². The van der Waals surface area contributed by atoms with Crippen LogP contribution in [0.1, 0.15) is 23.6 Å². The summed E-state index contributed by atoms with van der Waals surface area (Å²) in [6, 6.07) is 11.8. The maximum atomic E-state index is 12.1. The number of amides is 2. The molecule has 0 aliphatic carbocycles. The van der Waals surface area contributed by atoms with Gasteiger partial charge in [-0.25, -0.2) is 0 Å². The van der Waals surface area contributed by atoms with Crippen LogP contribution in [0, 0.1) is 6.92 Å². The second-order valence-electron chi connectivity index (χ2n) is 6.27. The molecule has 0 radical (unpaired) electrons. The van der Waals surface area contributed by atoms with Crippen LogP contribution in [0.25, 0.3) is 6.08 Å². The first-order chi connectivity index (χ1) is 13.4. The summed E-state index contributed by atoms with van der Waals surface area (Å²) >= 11 is 4.45. The smallest absolute Gasteiger partial charge is 0.293 e. The van der Waals surface area contributed by atoms with Crippen molar-refractivity contribution < 1.29 is 19.1 Å². The molecule has 0 atom stereocenters. The van der Waals surface area contributed by atoms with E-state index in [1.54, 1.807) is 6.08 Å². The molecule has 7 heteroatoms. The molecule has 0 unspecified atom stereocenters. The fourth-order valence-electron chi connectivity index (χ4n) is 2.69. The normalized spacial score (nSPS) is 15.4. The van der Waals surface area contributed by atoms with Gasteiger partial charge in [-0.2, -0.15) is 0 Å². The number of thioether (sulfide) groups is 1. The van der Waals surface area contributed by atoms with Crippen molar-refractivity contribution in [2.75, 3.05) is 13.7 Å². The van der Waals surface area contributed by atoms with E-state index in [1.165, 1.54) is 12.6 Å². The van der Waals surface area contributed by atoms with Crippen molar-refractivity contribution in [3.05, 3.63) is 62.5 Å². The van der Waals surface area contributed by atoms with Gasteiger partial charge < -0.3 is 9.47 Å². The van der Waals surface area contributed by atoms with Crippen molar-refractivity contribution in [1.29, 1.82) is 0 Å². The summed E-state index contributed by atoms with van der Waals surface area (Å²) in [5.74, 6) is 0.885. The van der Waals surface area contributed by atoms with Crippen molar-refractivity contribution in [3.63, 3.8) is 0 Å². The Bertz CT molecular complexity index is 957. The van der Waals surface area contributed by atoms with E-state index in [0.717, 1.165) is 32.3 Å². The number of benzene rings is 2. The number of ether oxygens (including phenoxy) is 2. The van der Waals surface area contributed by atoms with E-state index in [4.69, 9.17) is 9.47 Å². The van der Waals surface area contributed by atoms with Crippen LogP contribution in [0.3, 0.4) is 0 Å². The molecule has 0 spiro atoms. The summed E-state index contributed by atoms with van der Waals surface area (Å²) < 4.78 is 12.5. The monoisotopic (exact) mass is 461 g/mol. The quantitative estimate of drug-likeness (QED) is 0.538. The van der Waals surface area contributed by atoms with Crippen LogP contribution >= 0.6 is 27.7 Å². The number of carbonyl (C=O) groups excluding carboxylic acids is 2. The standard InChI is InChI=1S/C21H20BrNO4S/c1-4-26-17-9-15(10-19-20(24)23(3)21(25)28-19)16(22)11-18(17)27-12-14-7-5-6-13(2)8-14/h5-11H,4,12H2,1-3H3/b19-10-. The Kier molecular flexibility index (Phi) is 6.46. The average molecular weight is 462 g/mol. The van der Waals surface area contributed by atoms with Crippen LogP contribution in [-0.4, -0.2) is 29.7 Å². The molecule has 0 saturated carbocycles. The Labute approximate surface area is 176 Å². The van der Waals surface area contributed by atoms with E-state index in [0.29, 0.717) is 29.6 Å². The van der Waals surface area contributed by atoms with E-state index in [1.807, 2.05) is 44.2 Å². The van der Waals surface area contributed by atoms with Crippen LogP contribution in [0.4, 0.5) is 4.79 Å². The third kappa shape index (κ3) is 4.59. The predicted octanol–water partition coefficient (Wildman–Crippen LogP) is 5.40. The van der Waals surface area contributed by atoms with Crippen molar-refractivity contribution in [3.8, 4) is 11.5 Å². The largest absolute Gasteiger partial charge is 0.490 e. The molecule has 1 heterocycles. The lowest BCUT2D eigenvalue weighted by molar-refractivity contribution is -0.121. The minimum atomic E-state index is -0.306. The summed E-state index contributed by atoms with van der Waals surface area (Å²) in [5, 5.41) is -0.282. The first-order valence-electron chi connectivity index (χ1n) is 8.75. The van der Waals surface area contributed by atoms with Gasteiger partial charge in [-0.15, -0.1) is 0 Å². The molecule has 0 aromatic heterocycles. The third-order valence-corrected chi connectivity index (χ3v) is 5.76. The Hall–Kier alpha value is -2.25. The van der Waals surface area contributed by atoms with Crippen LogP contribution in [0.15, 0.2) is 45.8 Å². The van der Waals surface area contributed by atoms with Crippen LogP contribution in [0.5, 0.6) is 11.5 Å². The Balaban J connectivity index is 1.87. The fourth-order valence-corrected chi connectivity index (χ4v) is 3.95. The van der Waals surface area contributed by atoms with Crippen molar-refractivity contribution in [2.45, 2.75) is 20.5 Å². The highest BCUT2D eigenvalue weighted by Crippen LogP contribution is 2.38. The lowest BCUT2D eigenvalue weighted by Crippen LogP contribution is -2.22. The molecular weight excluding hydrogens is 442 g/mol. The highest BCUT2D eigenvalue weighted by Gasteiger charge is 2.32. The molecule has 1 aliphatic heterocycles. The van der Waals surface area contributed by atoms with Gasteiger partial charge in [-0.05, 0) is 54.9 Å². The van der Waals surface area contributed by atoms with Gasteiger partial charge in [0.25, 0.3) is 11.1 Å². The highest BCUT2D eigenvalue weighted by atomic mass is 79.9. The molecular formula is C21H20BrNO4S. The molecule has 1 aliphatic rings. The van der Waals surface area contributed by atoms with Crippen molar-refractivity contribution in [2.24, 2.45) is 0 Å². The number of halogens is 1. The van der Waals surface area contributed by atoms with Gasteiger partial charge in [0, 0.05) is 11.5 Å². The van der Waals surface area contributed by atoms with E-state index in [9.17, 15) is 9.59 Å². The molecule has 28 heavy (non-hydrogen) atoms. The molecule has 1 fully saturated rings. The molecule has 5 nitrogen and oxygen atoms in total. The maximum Gasteiger partial charge on any atom is 0.293 e. The zero-order valence-electron chi connectivity index (χ0n) is 15.8. The van der Waals surface area contributed by atoms with Crippen LogP contribution in [-0.2, 0) is 11.4 Å². The number of nitrogens with zero attached hydrogens (tertiary/aromatic N) is 1. The average Bonchev–Trinajstić information content (AvgIpc) is 2.90. The van der Waals surface area contributed by atoms with Gasteiger partial charge in [-0.1, -0.05) is 45.8 Å². The number of hydrogen-bond donors (Lipinski definition) is 0. The minimum Gasteiger partial charge on any atom is -0.490 e. The molecule has 2 aromatic carbocycles. The second-order valence-corrected chi connectivity index (χ2v) is 8.12. The van der Waals surface area contributed by atoms with E-state index in [-0.39, 0.29) is 11.1 Å². The van der Waals surface area contributed by atoms with Crippen molar-refractivity contribution >= 4 is 44.9 Å². The highest BCUT2D eigenvalue weighted by molar-refractivity contribution is 9.10. The lowest BCUT2D eigenvalue weighted by atomic mass is 10.1. The van der Waals surface area contributed by atoms with Gasteiger partial charge in [-0.3, -0.25) is 14.5 Å². The zero-order chi connectivity index (χ0) is 20.3. The zero-order valence-corrected chi connectivity index (χ0v) is 18.2. The SMILES string of the molecule is CCOc1cc(/C=C2\SC(=O)N(C)C2=O)c(Br)cc1OCc1cccc(C)c1. The summed E-state index contributed by atoms with van der Waals surface area (Å²) in [7, 11) is 1.47. The van der Waals surface area contributed by atoms with Crippen molar-refractivity contribution in [1.82, 2.24) is 4.90 Å². The van der Waals surface area contributed by atoms with Gasteiger partial charge in [0.1, 0.15) is 6.61 Å². The fraction of sp³-hybridized carbons (Fsp3) is 0.238. The van der Waals surface area contributed by atoms with Gasteiger partial charge in [0.05, 0.1) is 11.5 Å². The maximum absolute atomic E-state index is 12.1. The second kappa shape index (κ2) is 8.84. The minimum absolute atomic E-state index is 0.282. The van der Waals surface area contributed by atoms with Crippen LogP contribution in [0.2, 0.25) is 0 Å². The van der Waals surface area contributed by atoms with E-state index in [2.05, 4.69) is 22.0 Å². The number of carbonyl (C=O) groups is 2. The lowest BCUT2D eigenvalue weighted by Gasteiger charge is -2.14. The number of imide groups is 1. The summed E-state index contributed by atoms with van der Waals surface area (Å²) in [5.41, 5.74) is 2.98. The number of aryl methyl sites for hydroxylation is 1. The molecule has 0 bridgehead atoms. The Morgan fingerprint density at radius 1 is 1.14 bits per heavy atom. The van der Waals surface area contributed by atoms with Gasteiger partial charge in [0.15, 0.2) is 11.5 Å². The number of hydrogen-bond acceptors (Lipinski definition) is 5. The summed E-state index contributed by atoms with van der Waals surface area (Å²) in [6.45, 7) is 4.84. The predicted molar refractivity (Wildman–Crippen MR) is 115 cm³/mol. The molecule has 0 N–H and O–H groups in total. The van der Waals surface area contributed by atoms with E-state index < -0.39 is 0 Å². The van der Waals surface area contributed by atoms with Gasteiger partial charge >= 0.3 is 0 Å². The summed E-state index contributed by atoms with van der Waals surface area (Å²) in [4.78, 5) is 25.3. The first-order valence-corrected chi connectivity index (χ1v) is 10.4. The topological polar surface area (TPSA) is 55.8 Å². The number of rotatable bonds is 6. The molecule has 146 valence electrons. The summed E-state index contributed by atoms with van der Waals surface area (Å²) in [6.07, 6.45) is 1.69. The molecule has 3 rings (SSSR count). The third-order valence-electron chi connectivity index (χ3n) is 4.11. The van der Waals surface area contributed by atoms with E-state index >= 15 is 0 Å². The molecule has 1 saturated heterocycles. The Morgan fingerprint density at radius 3 is 2.54 bits per heavy atom. The first kappa shape index (κ1) is 20.5. The molecule has 2 amide bonds.